The number of rotatable bonds is 5. The number of hydrogen-bond donors (Lipinski definition) is 2. The average molecular weight is 188 g/mol. The molecule has 1 fully saturated rings. The maximum atomic E-state index is 11.0. The lowest BCUT2D eigenvalue weighted by molar-refractivity contribution is -0.174. The smallest absolute Gasteiger partial charge is 0.336 e. The Morgan fingerprint density at radius 2 is 2.15 bits per heavy atom. The van der Waals surface area contributed by atoms with E-state index in [2.05, 4.69) is 0 Å². The summed E-state index contributed by atoms with van der Waals surface area (Å²) in [4.78, 5) is 11.0. The molecule has 1 saturated carbocycles. The Hall–Kier alpha value is -0.610. The molecule has 4 nitrogen and oxygen atoms in total. The van der Waals surface area contributed by atoms with Gasteiger partial charge in [-0.15, -0.1) is 0 Å². The minimum absolute atomic E-state index is 0.0817. The molecule has 0 aromatic rings. The van der Waals surface area contributed by atoms with Gasteiger partial charge in [0.2, 0.25) is 0 Å². The summed E-state index contributed by atoms with van der Waals surface area (Å²) in [6.07, 6.45) is 1.75. The first-order chi connectivity index (χ1) is 5.96. The third kappa shape index (κ3) is 1.69. The normalized spacial score (nSPS) is 23.6. The van der Waals surface area contributed by atoms with E-state index < -0.39 is 11.6 Å². The van der Waals surface area contributed by atoms with E-state index in [1.165, 1.54) is 0 Å². The summed E-state index contributed by atoms with van der Waals surface area (Å²) in [5.74, 6) is -0.944. The van der Waals surface area contributed by atoms with Crippen molar-refractivity contribution in [2.24, 2.45) is 5.41 Å². The molecule has 0 aliphatic heterocycles. The molecule has 0 heterocycles. The Morgan fingerprint density at radius 1 is 1.62 bits per heavy atom. The van der Waals surface area contributed by atoms with Crippen LogP contribution in [0.2, 0.25) is 0 Å². The number of carboxylic acids is 1. The minimum Gasteiger partial charge on any atom is -0.479 e. The quantitative estimate of drug-likeness (QED) is 0.664. The zero-order valence-corrected chi connectivity index (χ0v) is 8.04. The van der Waals surface area contributed by atoms with E-state index in [-0.39, 0.29) is 18.6 Å². The molecule has 0 aromatic carbocycles. The van der Waals surface area contributed by atoms with E-state index in [1.54, 1.807) is 6.92 Å². The second-order valence-electron chi connectivity index (χ2n) is 3.97. The number of carboxylic acid groups (broad SMARTS) is 1. The molecule has 0 bridgehead atoms. The van der Waals surface area contributed by atoms with Gasteiger partial charge in [-0.25, -0.2) is 4.79 Å². The fourth-order valence-corrected chi connectivity index (χ4v) is 1.41. The Kier molecular flexibility index (Phi) is 2.63. The number of aliphatic hydroxyl groups is 1. The van der Waals surface area contributed by atoms with Crippen molar-refractivity contribution in [3.05, 3.63) is 0 Å². The molecule has 1 aliphatic rings. The van der Waals surface area contributed by atoms with E-state index >= 15 is 0 Å². The molecule has 1 unspecified atom stereocenters. The van der Waals surface area contributed by atoms with Crippen LogP contribution in [0.25, 0.3) is 0 Å². The van der Waals surface area contributed by atoms with Crippen LogP contribution in [0.5, 0.6) is 0 Å². The number of ether oxygens (including phenoxy) is 1. The topological polar surface area (TPSA) is 66.8 Å². The summed E-state index contributed by atoms with van der Waals surface area (Å²) in [5, 5.41) is 17.6. The molecule has 1 rings (SSSR count). The molecule has 13 heavy (non-hydrogen) atoms. The molecule has 4 heteroatoms. The standard InChI is InChI=1S/C9H16O4/c1-8(3-4-8)9(2,7(11)12)13-6-5-10/h10H,3-6H2,1-2H3,(H,11,12). The fourth-order valence-electron chi connectivity index (χ4n) is 1.41. The molecule has 2 N–H and O–H groups in total. The number of aliphatic carboxylic acids is 1. The Bertz CT molecular complexity index is 210. The van der Waals surface area contributed by atoms with Crippen LogP contribution in [-0.2, 0) is 9.53 Å². The molecule has 1 atom stereocenters. The lowest BCUT2D eigenvalue weighted by atomic mass is 9.87. The Labute approximate surface area is 77.5 Å². The van der Waals surface area contributed by atoms with Crippen molar-refractivity contribution in [2.45, 2.75) is 32.3 Å². The molecule has 0 radical (unpaired) electrons. The number of hydrogen-bond acceptors (Lipinski definition) is 3. The van der Waals surface area contributed by atoms with Crippen molar-refractivity contribution in [1.29, 1.82) is 0 Å². The monoisotopic (exact) mass is 188 g/mol. The van der Waals surface area contributed by atoms with E-state index in [0.29, 0.717) is 0 Å². The van der Waals surface area contributed by atoms with Crippen molar-refractivity contribution in [3.8, 4) is 0 Å². The summed E-state index contributed by atoms with van der Waals surface area (Å²) in [7, 11) is 0. The van der Waals surface area contributed by atoms with Gasteiger partial charge in [-0.2, -0.15) is 0 Å². The molecule has 0 amide bonds. The fraction of sp³-hybridized carbons (Fsp3) is 0.889. The maximum absolute atomic E-state index is 11.0. The molecule has 76 valence electrons. The van der Waals surface area contributed by atoms with Gasteiger partial charge in [0.05, 0.1) is 13.2 Å². The van der Waals surface area contributed by atoms with Gasteiger partial charge in [0, 0.05) is 5.41 Å². The first-order valence-electron chi connectivity index (χ1n) is 4.44. The van der Waals surface area contributed by atoms with Crippen molar-refractivity contribution in [3.63, 3.8) is 0 Å². The van der Waals surface area contributed by atoms with Crippen LogP contribution >= 0.6 is 0 Å². The minimum atomic E-state index is -1.14. The maximum Gasteiger partial charge on any atom is 0.336 e. The molecular formula is C9H16O4. The van der Waals surface area contributed by atoms with Crippen molar-refractivity contribution in [1.82, 2.24) is 0 Å². The third-order valence-corrected chi connectivity index (χ3v) is 3.04. The second-order valence-corrected chi connectivity index (χ2v) is 3.97. The van der Waals surface area contributed by atoms with Crippen molar-refractivity contribution >= 4 is 5.97 Å². The highest BCUT2D eigenvalue weighted by molar-refractivity contribution is 5.78. The predicted molar refractivity (Wildman–Crippen MR) is 46.4 cm³/mol. The molecule has 0 spiro atoms. The zero-order valence-electron chi connectivity index (χ0n) is 8.04. The van der Waals surface area contributed by atoms with Gasteiger partial charge in [-0.3, -0.25) is 0 Å². The lowest BCUT2D eigenvalue weighted by Gasteiger charge is -2.31. The van der Waals surface area contributed by atoms with Gasteiger partial charge >= 0.3 is 5.97 Å². The summed E-state index contributed by atoms with van der Waals surface area (Å²) in [6, 6.07) is 0. The van der Waals surface area contributed by atoms with Crippen LogP contribution in [0.1, 0.15) is 26.7 Å². The summed E-state index contributed by atoms with van der Waals surface area (Å²) < 4.78 is 5.22. The summed E-state index contributed by atoms with van der Waals surface area (Å²) in [6.45, 7) is 3.42. The van der Waals surface area contributed by atoms with Crippen LogP contribution in [0, 0.1) is 5.41 Å². The van der Waals surface area contributed by atoms with E-state index in [1.807, 2.05) is 6.92 Å². The molecular weight excluding hydrogens is 172 g/mol. The summed E-state index contributed by atoms with van der Waals surface area (Å²) >= 11 is 0. The van der Waals surface area contributed by atoms with E-state index in [4.69, 9.17) is 14.9 Å². The van der Waals surface area contributed by atoms with Gasteiger partial charge in [-0.05, 0) is 19.8 Å². The average Bonchev–Trinajstić information content (AvgIpc) is 2.80. The first-order valence-corrected chi connectivity index (χ1v) is 4.44. The summed E-state index contributed by atoms with van der Waals surface area (Å²) in [5.41, 5.74) is -1.40. The zero-order chi connectivity index (χ0) is 10.1. The van der Waals surface area contributed by atoms with Gasteiger partial charge in [0.25, 0.3) is 0 Å². The Balaban J connectivity index is 2.69. The highest BCUT2D eigenvalue weighted by atomic mass is 16.5. The predicted octanol–water partition coefficient (Wildman–Crippen LogP) is 0.639. The van der Waals surface area contributed by atoms with E-state index in [9.17, 15) is 4.79 Å². The number of aliphatic hydroxyl groups excluding tert-OH is 1. The molecule has 0 aromatic heterocycles. The number of carbonyl (C=O) groups is 1. The third-order valence-electron chi connectivity index (χ3n) is 3.04. The Morgan fingerprint density at radius 3 is 2.46 bits per heavy atom. The van der Waals surface area contributed by atoms with Crippen LogP contribution in [0.15, 0.2) is 0 Å². The largest absolute Gasteiger partial charge is 0.479 e. The van der Waals surface area contributed by atoms with Crippen LogP contribution in [-0.4, -0.2) is 35.0 Å². The highest BCUT2D eigenvalue weighted by Crippen LogP contribution is 2.55. The highest BCUT2D eigenvalue weighted by Gasteiger charge is 2.58. The van der Waals surface area contributed by atoms with Gasteiger partial charge in [0.15, 0.2) is 5.60 Å². The molecule has 1 aliphatic carbocycles. The van der Waals surface area contributed by atoms with Crippen molar-refractivity contribution < 1.29 is 19.7 Å². The second kappa shape index (κ2) is 3.27. The van der Waals surface area contributed by atoms with Crippen molar-refractivity contribution in [2.75, 3.05) is 13.2 Å². The lowest BCUT2D eigenvalue weighted by Crippen LogP contribution is -2.46. The van der Waals surface area contributed by atoms with Crippen LogP contribution in [0.4, 0.5) is 0 Å². The SMILES string of the molecule is CC1(C(C)(OCCO)C(=O)O)CC1. The first kappa shape index (κ1) is 10.5. The van der Waals surface area contributed by atoms with E-state index in [0.717, 1.165) is 12.8 Å². The van der Waals surface area contributed by atoms with Gasteiger partial charge < -0.3 is 14.9 Å². The van der Waals surface area contributed by atoms with Crippen LogP contribution in [0.3, 0.4) is 0 Å². The molecule has 0 saturated heterocycles. The van der Waals surface area contributed by atoms with Crippen LogP contribution < -0.4 is 0 Å². The van der Waals surface area contributed by atoms with Gasteiger partial charge in [0.1, 0.15) is 0 Å². The van der Waals surface area contributed by atoms with Gasteiger partial charge in [-0.1, -0.05) is 6.92 Å².